The third-order valence-electron chi connectivity index (χ3n) is 4.15. The smallest absolute Gasteiger partial charge is 0.241 e. The quantitative estimate of drug-likeness (QED) is 0.916. The van der Waals surface area contributed by atoms with Crippen LogP contribution in [0.4, 0.5) is 0 Å². The molecule has 0 radical (unpaired) electrons. The molecule has 20 heavy (non-hydrogen) atoms. The number of benzene rings is 1. The second kappa shape index (κ2) is 5.09. The first-order valence-electron chi connectivity index (χ1n) is 7.34. The van der Waals surface area contributed by atoms with E-state index in [9.17, 15) is 4.79 Å². The monoisotopic (exact) mass is 274 g/mol. The Bertz CT molecular complexity index is 511. The molecule has 0 spiro atoms. The lowest BCUT2D eigenvalue weighted by Gasteiger charge is -2.24. The van der Waals surface area contributed by atoms with Crippen molar-refractivity contribution in [3.63, 3.8) is 0 Å². The van der Waals surface area contributed by atoms with Gasteiger partial charge in [0.05, 0.1) is 13.2 Å². The van der Waals surface area contributed by atoms with Gasteiger partial charge in [-0.1, -0.05) is 26.0 Å². The summed E-state index contributed by atoms with van der Waals surface area (Å²) in [5.41, 5.74) is 1.10. The number of hydrogen-bond donors (Lipinski definition) is 1. The molecule has 2 unspecified atom stereocenters. The molecule has 1 aliphatic carbocycles. The number of rotatable bonds is 4. The highest BCUT2D eigenvalue weighted by atomic mass is 16.5. The van der Waals surface area contributed by atoms with Gasteiger partial charge in [0.15, 0.2) is 0 Å². The predicted octanol–water partition coefficient (Wildman–Crippen LogP) is 2.31. The summed E-state index contributed by atoms with van der Waals surface area (Å²) in [7, 11) is 1.67. The van der Waals surface area contributed by atoms with Gasteiger partial charge in [-0.25, -0.2) is 0 Å². The summed E-state index contributed by atoms with van der Waals surface area (Å²) in [6, 6.07) is 8.33. The molecule has 1 amide bonds. The second-order valence-corrected chi connectivity index (χ2v) is 6.04. The Balaban J connectivity index is 1.91. The van der Waals surface area contributed by atoms with Crippen molar-refractivity contribution < 1.29 is 9.53 Å². The number of methoxy groups -OCH3 is 1. The van der Waals surface area contributed by atoms with Gasteiger partial charge in [-0.2, -0.15) is 0 Å². The van der Waals surface area contributed by atoms with Gasteiger partial charge >= 0.3 is 0 Å². The minimum atomic E-state index is -0.0770. The Labute approximate surface area is 120 Å². The zero-order valence-corrected chi connectivity index (χ0v) is 12.3. The average molecular weight is 274 g/mol. The van der Waals surface area contributed by atoms with Crippen molar-refractivity contribution >= 4 is 5.91 Å². The summed E-state index contributed by atoms with van der Waals surface area (Å²) in [5, 5.41) is 3.50. The Hall–Kier alpha value is -1.55. The molecular weight excluding hydrogens is 252 g/mol. The molecular formula is C16H22N2O2. The van der Waals surface area contributed by atoms with Gasteiger partial charge in [0.25, 0.3) is 0 Å². The second-order valence-electron chi connectivity index (χ2n) is 6.04. The minimum Gasteiger partial charge on any atom is -0.497 e. The van der Waals surface area contributed by atoms with Crippen LogP contribution in [0.5, 0.6) is 5.75 Å². The van der Waals surface area contributed by atoms with E-state index >= 15 is 0 Å². The van der Waals surface area contributed by atoms with Gasteiger partial charge in [-0.15, -0.1) is 0 Å². The number of hydrogen-bond acceptors (Lipinski definition) is 3. The lowest BCUT2D eigenvalue weighted by atomic mass is 10.1. The molecule has 108 valence electrons. The van der Waals surface area contributed by atoms with Gasteiger partial charge in [0.1, 0.15) is 11.9 Å². The van der Waals surface area contributed by atoms with Crippen LogP contribution in [-0.4, -0.2) is 30.0 Å². The number of amides is 1. The van der Waals surface area contributed by atoms with E-state index in [1.165, 1.54) is 0 Å². The first-order valence-corrected chi connectivity index (χ1v) is 7.34. The topological polar surface area (TPSA) is 41.6 Å². The maximum Gasteiger partial charge on any atom is 0.241 e. The molecule has 1 aliphatic heterocycles. The highest BCUT2D eigenvalue weighted by Crippen LogP contribution is 2.38. The number of carbonyl (C=O) groups excluding carboxylic acids is 1. The Morgan fingerprint density at radius 1 is 1.35 bits per heavy atom. The molecule has 0 aromatic heterocycles. The number of ether oxygens (including phenoxy) is 1. The normalized spacial score (nSPS) is 26.4. The fraction of sp³-hybridized carbons (Fsp3) is 0.562. The third kappa shape index (κ3) is 2.29. The number of carbonyl (C=O) groups is 1. The molecule has 1 aromatic rings. The van der Waals surface area contributed by atoms with Crippen LogP contribution in [0.1, 0.15) is 38.4 Å². The van der Waals surface area contributed by atoms with Crippen LogP contribution in [-0.2, 0) is 4.79 Å². The Morgan fingerprint density at radius 2 is 2.10 bits per heavy atom. The van der Waals surface area contributed by atoms with E-state index in [-0.39, 0.29) is 18.1 Å². The van der Waals surface area contributed by atoms with Crippen LogP contribution in [0, 0.1) is 5.92 Å². The molecule has 1 aromatic carbocycles. The minimum absolute atomic E-state index is 0.0162. The van der Waals surface area contributed by atoms with Crippen LogP contribution in [0.15, 0.2) is 24.3 Å². The molecule has 4 heteroatoms. The molecule has 4 nitrogen and oxygen atoms in total. The Morgan fingerprint density at radius 3 is 2.70 bits per heavy atom. The van der Waals surface area contributed by atoms with Crippen LogP contribution < -0.4 is 10.1 Å². The van der Waals surface area contributed by atoms with Gasteiger partial charge in [-0.05, 0) is 36.5 Å². The van der Waals surface area contributed by atoms with Crippen LogP contribution in [0.2, 0.25) is 0 Å². The Kier molecular flexibility index (Phi) is 3.42. The molecule has 0 bridgehead atoms. The molecule has 1 heterocycles. The first kappa shape index (κ1) is 13.4. The average Bonchev–Trinajstić information content (AvgIpc) is 3.22. The highest BCUT2D eigenvalue weighted by molar-refractivity contribution is 5.85. The van der Waals surface area contributed by atoms with Crippen molar-refractivity contribution in [2.24, 2.45) is 5.92 Å². The van der Waals surface area contributed by atoms with E-state index in [4.69, 9.17) is 4.74 Å². The van der Waals surface area contributed by atoms with E-state index in [1.807, 2.05) is 23.1 Å². The van der Waals surface area contributed by atoms with Gasteiger partial charge in [-0.3, -0.25) is 10.1 Å². The van der Waals surface area contributed by atoms with E-state index < -0.39 is 0 Å². The standard InChI is InChI=1S/C16H22N2O2/c1-10(2)14-16(19)18(12-7-8-12)15(17-14)11-5-4-6-13(9-11)20-3/h4-6,9-10,12,14-15,17H,7-8H2,1-3H3. The number of nitrogens with one attached hydrogen (secondary N) is 1. The summed E-state index contributed by atoms with van der Waals surface area (Å²) < 4.78 is 5.30. The zero-order chi connectivity index (χ0) is 14.3. The van der Waals surface area contributed by atoms with E-state index in [0.29, 0.717) is 12.0 Å². The van der Waals surface area contributed by atoms with E-state index in [2.05, 4.69) is 25.2 Å². The van der Waals surface area contributed by atoms with Crippen LogP contribution >= 0.6 is 0 Å². The van der Waals surface area contributed by atoms with E-state index in [1.54, 1.807) is 7.11 Å². The zero-order valence-electron chi connectivity index (χ0n) is 12.3. The predicted molar refractivity (Wildman–Crippen MR) is 77.4 cm³/mol. The fourth-order valence-electron chi connectivity index (χ4n) is 2.90. The molecule has 2 fully saturated rings. The maximum atomic E-state index is 12.6. The van der Waals surface area contributed by atoms with Crippen molar-refractivity contribution in [2.75, 3.05) is 7.11 Å². The van der Waals surface area contributed by atoms with Crippen molar-refractivity contribution in [3.8, 4) is 5.75 Å². The fourth-order valence-corrected chi connectivity index (χ4v) is 2.90. The van der Waals surface area contributed by atoms with Crippen LogP contribution in [0.25, 0.3) is 0 Å². The highest BCUT2D eigenvalue weighted by Gasteiger charge is 2.47. The van der Waals surface area contributed by atoms with Crippen LogP contribution in [0.3, 0.4) is 0 Å². The van der Waals surface area contributed by atoms with Gasteiger partial charge in [0, 0.05) is 6.04 Å². The van der Waals surface area contributed by atoms with Crippen molar-refractivity contribution in [3.05, 3.63) is 29.8 Å². The lowest BCUT2D eigenvalue weighted by Crippen LogP contribution is -2.35. The first-order chi connectivity index (χ1) is 9.61. The van der Waals surface area contributed by atoms with Crippen molar-refractivity contribution in [1.82, 2.24) is 10.2 Å². The SMILES string of the molecule is COc1cccc(C2NC(C(C)C)C(=O)N2C2CC2)c1. The summed E-state index contributed by atoms with van der Waals surface area (Å²) in [4.78, 5) is 14.6. The summed E-state index contributed by atoms with van der Waals surface area (Å²) in [6.07, 6.45) is 2.23. The number of nitrogens with zero attached hydrogens (tertiary/aromatic N) is 1. The molecule has 2 aliphatic rings. The largest absolute Gasteiger partial charge is 0.497 e. The third-order valence-corrected chi connectivity index (χ3v) is 4.15. The molecule has 1 N–H and O–H groups in total. The molecule has 1 saturated heterocycles. The summed E-state index contributed by atoms with van der Waals surface area (Å²) in [6.45, 7) is 4.18. The summed E-state index contributed by atoms with van der Waals surface area (Å²) >= 11 is 0. The molecule has 1 saturated carbocycles. The summed E-state index contributed by atoms with van der Waals surface area (Å²) in [5.74, 6) is 1.38. The molecule has 3 rings (SSSR count). The van der Waals surface area contributed by atoms with Gasteiger partial charge < -0.3 is 9.64 Å². The maximum absolute atomic E-state index is 12.6. The lowest BCUT2D eigenvalue weighted by molar-refractivity contribution is -0.131. The molecule has 2 atom stereocenters. The van der Waals surface area contributed by atoms with E-state index in [0.717, 1.165) is 24.2 Å². The van der Waals surface area contributed by atoms with Crippen molar-refractivity contribution in [1.29, 1.82) is 0 Å². The van der Waals surface area contributed by atoms with Crippen molar-refractivity contribution in [2.45, 2.75) is 44.9 Å². The van der Waals surface area contributed by atoms with Gasteiger partial charge in [0.2, 0.25) is 5.91 Å².